The molecule has 0 bridgehead atoms. The van der Waals surface area contributed by atoms with Crippen LogP contribution >= 0.6 is 0 Å². The Morgan fingerprint density at radius 1 is 1.08 bits per heavy atom. The number of hydrogen-bond donors (Lipinski definition) is 3. The summed E-state index contributed by atoms with van der Waals surface area (Å²) in [6, 6.07) is -1.01. The minimum Gasteiger partial charge on any atom is -0.394 e. The van der Waals surface area contributed by atoms with Crippen LogP contribution in [0.25, 0.3) is 0 Å². The average molecular weight is 539 g/mol. The van der Waals surface area contributed by atoms with E-state index in [4.69, 9.17) is 4.74 Å². The molecule has 3 heterocycles. The molecular formula is C20H23F6N7O4. The molecule has 1 saturated heterocycles. The maximum absolute atomic E-state index is 13.1. The summed E-state index contributed by atoms with van der Waals surface area (Å²) >= 11 is 0. The molecule has 1 aliphatic heterocycles. The highest BCUT2D eigenvalue weighted by Gasteiger charge is 2.38. The number of rotatable bonds is 9. The van der Waals surface area contributed by atoms with Crippen molar-refractivity contribution in [2.24, 2.45) is 0 Å². The summed E-state index contributed by atoms with van der Waals surface area (Å²) in [6.45, 7) is 0.206. The summed E-state index contributed by atoms with van der Waals surface area (Å²) in [5, 5.41) is 16.9. The third kappa shape index (κ3) is 7.51. The van der Waals surface area contributed by atoms with Gasteiger partial charge in [-0.25, -0.2) is 15.1 Å². The van der Waals surface area contributed by atoms with Crippen LogP contribution in [0.15, 0.2) is 23.4 Å². The van der Waals surface area contributed by atoms with Gasteiger partial charge in [-0.15, -0.1) is 0 Å². The largest absolute Gasteiger partial charge is 0.423 e. The number of aliphatic hydroxyl groups is 1. The van der Waals surface area contributed by atoms with Crippen LogP contribution in [-0.4, -0.2) is 88.1 Å². The van der Waals surface area contributed by atoms with Crippen LogP contribution in [0.3, 0.4) is 0 Å². The first kappa shape index (κ1) is 28.1. The highest BCUT2D eigenvalue weighted by Crippen LogP contribution is 2.31. The van der Waals surface area contributed by atoms with E-state index in [-0.39, 0.29) is 44.6 Å². The third-order valence-electron chi connectivity index (χ3n) is 5.38. The first-order valence-electron chi connectivity index (χ1n) is 10.9. The van der Waals surface area contributed by atoms with Gasteiger partial charge < -0.3 is 25.0 Å². The van der Waals surface area contributed by atoms with Crippen molar-refractivity contribution < 1.29 is 41.0 Å². The number of nitrogens with zero attached hydrogens (tertiary/aromatic N) is 5. The van der Waals surface area contributed by atoms with Crippen LogP contribution in [0.5, 0.6) is 0 Å². The van der Waals surface area contributed by atoms with E-state index in [9.17, 15) is 41.0 Å². The zero-order chi connectivity index (χ0) is 27.2. The Kier molecular flexibility index (Phi) is 8.90. The lowest BCUT2D eigenvalue weighted by Crippen LogP contribution is -2.49. The Bertz CT molecular complexity index is 1100. The first-order chi connectivity index (χ1) is 17.4. The van der Waals surface area contributed by atoms with Crippen LogP contribution in [0.2, 0.25) is 0 Å². The molecule has 3 N–H and O–H groups in total. The number of aromatic amines is 1. The number of carbonyl (C=O) groups is 1. The molecule has 2 aromatic heterocycles. The monoisotopic (exact) mass is 539 g/mol. The van der Waals surface area contributed by atoms with E-state index in [1.165, 1.54) is 4.90 Å². The number of anilines is 2. The molecule has 0 saturated carbocycles. The molecule has 17 heteroatoms. The lowest BCUT2D eigenvalue weighted by Gasteiger charge is -2.34. The summed E-state index contributed by atoms with van der Waals surface area (Å²) in [7, 11) is 0. The summed E-state index contributed by atoms with van der Waals surface area (Å²) < 4.78 is 82.7. The second-order valence-electron chi connectivity index (χ2n) is 7.97. The van der Waals surface area contributed by atoms with E-state index in [1.807, 2.05) is 0 Å². The van der Waals surface area contributed by atoms with Crippen molar-refractivity contribution >= 4 is 17.5 Å². The number of aromatic nitrogens is 4. The Morgan fingerprint density at radius 2 is 1.73 bits per heavy atom. The van der Waals surface area contributed by atoms with E-state index in [0.717, 1.165) is 6.20 Å². The van der Waals surface area contributed by atoms with Crippen molar-refractivity contribution in [3.63, 3.8) is 0 Å². The predicted molar refractivity (Wildman–Crippen MR) is 116 cm³/mol. The van der Waals surface area contributed by atoms with Crippen LogP contribution in [0.4, 0.5) is 38.0 Å². The number of amides is 1. The smallest absolute Gasteiger partial charge is 0.394 e. The molecule has 1 amide bonds. The van der Waals surface area contributed by atoms with E-state index in [0.29, 0.717) is 25.5 Å². The van der Waals surface area contributed by atoms with Crippen molar-refractivity contribution in [3.05, 3.63) is 40.1 Å². The first-order valence-corrected chi connectivity index (χ1v) is 10.9. The topological polar surface area (TPSA) is 137 Å². The normalized spacial score (nSPS) is 15.5. The number of aliphatic hydroxyl groups excluding tert-OH is 1. The van der Waals surface area contributed by atoms with Gasteiger partial charge in [-0.05, 0) is 0 Å². The minimum atomic E-state index is -4.95. The molecule has 0 aliphatic carbocycles. The number of nitrogens with one attached hydrogen (secondary N) is 2. The fraction of sp³-hybridized carbons (Fsp3) is 0.550. The van der Waals surface area contributed by atoms with Crippen molar-refractivity contribution in [1.29, 1.82) is 0 Å². The Morgan fingerprint density at radius 3 is 2.30 bits per heavy atom. The quantitative estimate of drug-likeness (QED) is 0.316. The van der Waals surface area contributed by atoms with Gasteiger partial charge in [0.25, 0.3) is 5.56 Å². The maximum atomic E-state index is 13.1. The van der Waals surface area contributed by atoms with Crippen LogP contribution < -0.4 is 15.8 Å². The maximum Gasteiger partial charge on any atom is 0.423 e. The molecule has 3 rings (SSSR count). The van der Waals surface area contributed by atoms with Crippen LogP contribution in [0.1, 0.15) is 17.5 Å². The highest BCUT2D eigenvalue weighted by molar-refractivity contribution is 5.76. The molecule has 204 valence electrons. The molecule has 2 aromatic rings. The van der Waals surface area contributed by atoms with Crippen LogP contribution in [0, 0.1) is 0 Å². The van der Waals surface area contributed by atoms with E-state index in [1.54, 1.807) is 10.00 Å². The van der Waals surface area contributed by atoms with E-state index in [2.05, 4.69) is 20.4 Å². The third-order valence-corrected chi connectivity index (χ3v) is 5.38. The SMILES string of the molecule is O=C(CCOC[C@H](CO)Nc1cn[nH]c(=O)c1C(F)(F)F)N1CCN(c2ncc(C(F)(F)F)cn2)CC1. The Balaban J connectivity index is 1.43. The molecule has 0 radical (unpaired) electrons. The second kappa shape index (κ2) is 11.7. The fourth-order valence-electron chi connectivity index (χ4n) is 3.48. The Hall–Kier alpha value is -3.47. The number of hydrogen-bond acceptors (Lipinski definition) is 9. The molecule has 0 unspecified atom stereocenters. The van der Waals surface area contributed by atoms with Gasteiger partial charge in [0.1, 0.15) is 5.56 Å². The summed E-state index contributed by atoms with van der Waals surface area (Å²) in [5.41, 5.74) is -4.51. The zero-order valence-corrected chi connectivity index (χ0v) is 19.1. The number of alkyl halides is 6. The van der Waals surface area contributed by atoms with Crippen molar-refractivity contribution in [1.82, 2.24) is 25.1 Å². The molecule has 37 heavy (non-hydrogen) atoms. The summed E-state index contributed by atoms with van der Waals surface area (Å²) in [6.07, 6.45) is -7.37. The van der Waals surface area contributed by atoms with Gasteiger partial charge in [-0.2, -0.15) is 31.4 Å². The summed E-state index contributed by atoms with van der Waals surface area (Å²) in [5.74, 6) is -0.144. The molecule has 1 aliphatic rings. The fourth-order valence-corrected chi connectivity index (χ4v) is 3.48. The number of carbonyl (C=O) groups excluding carboxylic acids is 1. The lowest BCUT2D eigenvalue weighted by atomic mass is 10.2. The molecule has 0 spiro atoms. The number of ether oxygens (including phenoxy) is 1. The van der Waals surface area contributed by atoms with E-state index >= 15 is 0 Å². The standard InChI is InChI=1S/C20H23F6N7O4/c21-19(22,23)12-7-27-18(28-8-12)33-4-2-32(3-5-33)15(35)1-6-37-11-13(10-34)30-14-9-29-31-17(36)16(14)20(24,25)26/h7-9,13,34H,1-6,10-11H2,(H2,30,31,36)/t13-/m0/s1. The van der Waals surface area contributed by atoms with Crippen molar-refractivity contribution in [3.8, 4) is 0 Å². The highest BCUT2D eigenvalue weighted by atomic mass is 19.4. The number of H-pyrrole nitrogens is 1. The van der Waals surface area contributed by atoms with Gasteiger partial charge in [0.15, 0.2) is 0 Å². The lowest BCUT2D eigenvalue weighted by molar-refractivity contribution is -0.139. The Labute approximate surface area is 205 Å². The predicted octanol–water partition coefficient (Wildman–Crippen LogP) is 1.13. The molecule has 0 aromatic carbocycles. The van der Waals surface area contributed by atoms with Crippen LogP contribution in [-0.2, 0) is 21.9 Å². The minimum absolute atomic E-state index is 0.0463. The molecule has 1 atom stereocenters. The van der Waals surface area contributed by atoms with Gasteiger partial charge in [0, 0.05) is 38.6 Å². The van der Waals surface area contributed by atoms with Crippen molar-refractivity contribution in [2.45, 2.75) is 24.8 Å². The van der Waals surface area contributed by atoms with Gasteiger partial charge in [-0.3, -0.25) is 9.59 Å². The molecule has 11 nitrogen and oxygen atoms in total. The van der Waals surface area contributed by atoms with Gasteiger partial charge in [0.2, 0.25) is 11.9 Å². The summed E-state index contributed by atoms with van der Waals surface area (Å²) in [4.78, 5) is 34.6. The molecule has 1 fully saturated rings. The van der Waals surface area contributed by atoms with Gasteiger partial charge in [0.05, 0.1) is 49.7 Å². The van der Waals surface area contributed by atoms with E-state index < -0.39 is 47.4 Å². The number of halogens is 6. The van der Waals surface area contributed by atoms with Gasteiger partial charge >= 0.3 is 12.4 Å². The molecular weight excluding hydrogens is 516 g/mol. The van der Waals surface area contributed by atoms with Gasteiger partial charge in [-0.1, -0.05) is 0 Å². The number of piperazine rings is 1. The second-order valence-corrected chi connectivity index (χ2v) is 7.97. The zero-order valence-electron chi connectivity index (χ0n) is 19.1. The van der Waals surface area contributed by atoms with Crippen molar-refractivity contribution in [2.75, 3.05) is 56.2 Å². The average Bonchev–Trinajstić information content (AvgIpc) is 2.84.